The zero-order chi connectivity index (χ0) is 12.1. The first kappa shape index (κ1) is 12.5. The number of methoxy groups -OCH3 is 1. The van der Waals surface area contributed by atoms with Crippen molar-refractivity contribution in [1.82, 2.24) is 9.88 Å². The van der Waals surface area contributed by atoms with Gasteiger partial charge in [-0.15, -0.1) is 0 Å². The fraction of sp³-hybridized carbons (Fsp3) is 0.615. The summed E-state index contributed by atoms with van der Waals surface area (Å²) in [5.74, 6) is 0. The van der Waals surface area contributed by atoms with Gasteiger partial charge in [0.15, 0.2) is 0 Å². The van der Waals surface area contributed by atoms with Crippen LogP contribution in [0.3, 0.4) is 0 Å². The molecule has 0 saturated carbocycles. The summed E-state index contributed by atoms with van der Waals surface area (Å²) < 4.78 is 5.43. The Bertz CT molecular complexity index is 356. The molecule has 2 rings (SSSR count). The van der Waals surface area contributed by atoms with Crippen LogP contribution in [0.1, 0.15) is 24.1 Å². The van der Waals surface area contributed by atoms with Crippen LogP contribution in [-0.2, 0) is 17.8 Å². The van der Waals surface area contributed by atoms with Crippen molar-refractivity contribution < 1.29 is 4.74 Å². The second-order valence-corrected chi connectivity index (χ2v) is 4.59. The highest BCUT2D eigenvalue weighted by Crippen LogP contribution is 2.15. The Morgan fingerprint density at radius 2 is 2.47 bits per heavy atom. The van der Waals surface area contributed by atoms with E-state index in [1.165, 1.54) is 18.4 Å². The summed E-state index contributed by atoms with van der Waals surface area (Å²) in [6.07, 6.45) is 4.62. The first-order valence-corrected chi connectivity index (χ1v) is 6.21. The molecule has 4 heteroatoms. The van der Waals surface area contributed by atoms with E-state index >= 15 is 0 Å². The molecule has 1 aliphatic heterocycles. The maximum atomic E-state index is 5.60. The summed E-state index contributed by atoms with van der Waals surface area (Å²) in [4.78, 5) is 6.65. The van der Waals surface area contributed by atoms with E-state index in [1.807, 2.05) is 6.20 Å². The number of likely N-dealkylation sites (tertiary alicyclic amines) is 1. The SMILES string of the molecule is COC1CCCN(Cc2ccnc(CN)c2)C1. The number of nitrogens with two attached hydrogens (primary N) is 1. The van der Waals surface area contributed by atoms with E-state index in [1.54, 1.807) is 7.11 Å². The largest absolute Gasteiger partial charge is 0.380 e. The molecule has 1 aliphatic rings. The Hall–Kier alpha value is -0.970. The van der Waals surface area contributed by atoms with Gasteiger partial charge in [-0.1, -0.05) is 0 Å². The molecule has 2 heterocycles. The van der Waals surface area contributed by atoms with Gasteiger partial charge < -0.3 is 10.5 Å². The molecular formula is C13H21N3O. The van der Waals surface area contributed by atoms with Crippen LogP contribution >= 0.6 is 0 Å². The van der Waals surface area contributed by atoms with Crippen LogP contribution in [0, 0.1) is 0 Å². The smallest absolute Gasteiger partial charge is 0.0698 e. The molecule has 0 aliphatic carbocycles. The lowest BCUT2D eigenvalue weighted by atomic mass is 10.1. The standard InChI is InChI=1S/C13H21N3O/c1-17-13-3-2-6-16(10-13)9-11-4-5-15-12(7-11)8-14/h4-5,7,13H,2-3,6,8-10,14H2,1H3. The summed E-state index contributed by atoms with van der Waals surface area (Å²) in [6.45, 7) is 3.65. The lowest BCUT2D eigenvalue weighted by Gasteiger charge is -2.31. The van der Waals surface area contributed by atoms with Crippen LogP contribution in [0.5, 0.6) is 0 Å². The maximum Gasteiger partial charge on any atom is 0.0698 e. The van der Waals surface area contributed by atoms with Gasteiger partial charge in [0, 0.05) is 32.9 Å². The first-order chi connectivity index (χ1) is 8.31. The normalized spacial score (nSPS) is 21.6. The number of rotatable bonds is 4. The van der Waals surface area contributed by atoms with Crippen molar-refractivity contribution in [2.75, 3.05) is 20.2 Å². The van der Waals surface area contributed by atoms with Crippen LogP contribution in [-0.4, -0.2) is 36.2 Å². The highest BCUT2D eigenvalue weighted by molar-refractivity contribution is 5.16. The van der Waals surface area contributed by atoms with E-state index in [0.717, 1.165) is 25.3 Å². The zero-order valence-electron chi connectivity index (χ0n) is 10.4. The van der Waals surface area contributed by atoms with Crippen molar-refractivity contribution in [1.29, 1.82) is 0 Å². The molecular weight excluding hydrogens is 214 g/mol. The zero-order valence-corrected chi connectivity index (χ0v) is 10.4. The quantitative estimate of drug-likeness (QED) is 0.850. The fourth-order valence-corrected chi connectivity index (χ4v) is 2.35. The van der Waals surface area contributed by atoms with Crippen LogP contribution < -0.4 is 5.73 Å². The summed E-state index contributed by atoms with van der Waals surface area (Å²) >= 11 is 0. The third kappa shape index (κ3) is 3.49. The molecule has 1 aromatic heterocycles. The van der Waals surface area contributed by atoms with E-state index in [9.17, 15) is 0 Å². The van der Waals surface area contributed by atoms with E-state index in [0.29, 0.717) is 12.6 Å². The molecule has 2 N–H and O–H groups in total. The van der Waals surface area contributed by atoms with Crippen molar-refractivity contribution in [2.45, 2.75) is 32.0 Å². The van der Waals surface area contributed by atoms with Gasteiger partial charge >= 0.3 is 0 Å². The summed E-state index contributed by atoms with van der Waals surface area (Å²) in [6, 6.07) is 4.16. The average molecular weight is 235 g/mol. The monoisotopic (exact) mass is 235 g/mol. The molecule has 1 unspecified atom stereocenters. The molecule has 4 nitrogen and oxygen atoms in total. The van der Waals surface area contributed by atoms with Crippen molar-refractivity contribution in [2.24, 2.45) is 5.73 Å². The van der Waals surface area contributed by atoms with E-state index in [2.05, 4.69) is 22.0 Å². The minimum absolute atomic E-state index is 0.388. The molecule has 0 spiro atoms. The Labute approximate surface area is 103 Å². The Balaban J connectivity index is 1.95. The Morgan fingerprint density at radius 3 is 3.24 bits per heavy atom. The predicted molar refractivity (Wildman–Crippen MR) is 67.4 cm³/mol. The molecule has 0 amide bonds. The van der Waals surface area contributed by atoms with Crippen LogP contribution in [0.4, 0.5) is 0 Å². The van der Waals surface area contributed by atoms with E-state index in [-0.39, 0.29) is 0 Å². The molecule has 17 heavy (non-hydrogen) atoms. The molecule has 1 saturated heterocycles. The van der Waals surface area contributed by atoms with Crippen molar-refractivity contribution in [3.63, 3.8) is 0 Å². The molecule has 0 aromatic carbocycles. The van der Waals surface area contributed by atoms with Gasteiger partial charge in [0.25, 0.3) is 0 Å². The van der Waals surface area contributed by atoms with Crippen LogP contribution in [0.25, 0.3) is 0 Å². The molecule has 94 valence electrons. The van der Waals surface area contributed by atoms with Crippen LogP contribution in [0.15, 0.2) is 18.3 Å². The van der Waals surface area contributed by atoms with Crippen molar-refractivity contribution >= 4 is 0 Å². The number of pyridine rings is 1. The predicted octanol–water partition coefficient (Wildman–Crippen LogP) is 1.15. The highest BCUT2D eigenvalue weighted by atomic mass is 16.5. The van der Waals surface area contributed by atoms with Gasteiger partial charge in [-0.05, 0) is 37.1 Å². The Morgan fingerprint density at radius 1 is 1.59 bits per heavy atom. The number of aromatic nitrogens is 1. The minimum Gasteiger partial charge on any atom is -0.380 e. The lowest BCUT2D eigenvalue weighted by Crippen LogP contribution is -2.38. The summed E-state index contributed by atoms with van der Waals surface area (Å²) in [5.41, 5.74) is 7.85. The first-order valence-electron chi connectivity index (χ1n) is 6.21. The summed E-state index contributed by atoms with van der Waals surface area (Å²) in [5, 5.41) is 0. The number of hydrogen-bond acceptors (Lipinski definition) is 4. The van der Waals surface area contributed by atoms with Gasteiger partial charge in [0.1, 0.15) is 0 Å². The molecule has 1 atom stereocenters. The lowest BCUT2D eigenvalue weighted by molar-refractivity contribution is 0.0285. The number of nitrogens with zero attached hydrogens (tertiary/aromatic N) is 2. The molecule has 1 fully saturated rings. The average Bonchev–Trinajstić information content (AvgIpc) is 2.39. The third-order valence-corrected chi connectivity index (χ3v) is 3.29. The van der Waals surface area contributed by atoms with Crippen LogP contribution in [0.2, 0.25) is 0 Å². The minimum atomic E-state index is 0.388. The second kappa shape index (κ2) is 6.10. The number of hydrogen-bond donors (Lipinski definition) is 1. The van der Waals surface area contributed by atoms with E-state index < -0.39 is 0 Å². The topological polar surface area (TPSA) is 51.4 Å². The van der Waals surface area contributed by atoms with E-state index in [4.69, 9.17) is 10.5 Å². The number of ether oxygens (including phenoxy) is 1. The molecule has 0 radical (unpaired) electrons. The van der Waals surface area contributed by atoms with Gasteiger partial charge in [-0.2, -0.15) is 0 Å². The second-order valence-electron chi connectivity index (χ2n) is 4.59. The van der Waals surface area contributed by atoms with Gasteiger partial charge in [-0.3, -0.25) is 9.88 Å². The maximum absolute atomic E-state index is 5.60. The molecule has 0 bridgehead atoms. The fourth-order valence-electron chi connectivity index (χ4n) is 2.35. The highest BCUT2D eigenvalue weighted by Gasteiger charge is 2.19. The Kier molecular flexibility index (Phi) is 4.48. The van der Waals surface area contributed by atoms with Crippen molar-refractivity contribution in [3.8, 4) is 0 Å². The number of piperidine rings is 1. The third-order valence-electron chi connectivity index (χ3n) is 3.29. The summed E-state index contributed by atoms with van der Waals surface area (Å²) in [7, 11) is 1.80. The van der Waals surface area contributed by atoms with Gasteiger partial charge in [-0.25, -0.2) is 0 Å². The van der Waals surface area contributed by atoms with Crippen molar-refractivity contribution in [3.05, 3.63) is 29.6 Å². The molecule has 1 aromatic rings. The van der Waals surface area contributed by atoms with Gasteiger partial charge in [0.2, 0.25) is 0 Å². The van der Waals surface area contributed by atoms with Gasteiger partial charge in [0.05, 0.1) is 11.8 Å².